The Hall–Kier alpha value is -1.75. The molecule has 0 aliphatic rings. The van der Waals surface area contributed by atoms with Crippen LogP contribution in [0.5, 0.6) is 0 Å². The van der Waals surface area contributed by atoms with Gasteiger partial charge in [0.15, 0.2) is 0 Å². The molecule has 1 aromatic rings. The molecular formula is C12H11F4NO2S. The Labute approximate surface area is 113 Å². The van der Waals surface area contributed by atoms with Gasteiger partial charge in [-0.15, -0.1) is 11.8 Å². The van der Waals surface area contributed by atoms with Gasteiger partial charge in [0, 0.05) is 13.0 Å². The fourth-order valence-electron chi connectivity index (χ4n) is 1.37. The van der Waals surface area contributed by atoms with Crippen molar-refractivity contribution in [2.24, 2.45) is 0 Å². The van der Waals surface area contributed by atoms with Crippen LogP contribution < -0.4 is 5.32 Å². The fourth-order valence-corrected chi connectivity index (χ4v) is 2.32. The summed E-state index contributed by atoms with van der Waals surface area (Å²) in [4.78, 5) is -1.13. The van der Waals surface area contributed by atoms with E-state index in [0.29, 0.717) is 12.5 Å². The summed E-state index contributed by atoms with van der Waals surface area (Å²) < 4.78 is 73.3. The first-order valence-electron chi connectivity index (χ1n) is 5.44. The minimum Gasteiger partial charge on any atom is -0.383 e. The van der Waals surface area contributed by atoms with Crippen LogP contribution in [0, 0.1) is 17.7 Å². The summed E-state index contributed by atoms with van der Waals surface area (Å²) >= 11 is 0. The molecule has 0 bridgehead atoms. The predicted octanol–water partition coefficient (Wildman–Crippen LogP) is 2.94. The second-order valence-corrected chi connectivity index (χ2v) is 5.60. The number of rotatable bonds is 4. The van der Waals surface area contributed by atoms with E-state index >= 15 is 0 Å². The monoisotopic (exact) mass is 309 g/mol. The molecule has 0 heterocycles. The lowest BCUT2D eigenvalue weighted by Gasteiger charge is -2.13. The van der Waals surface area contributed by atoms with Gasteiger partial charge in [-0.2, -0.15) is 13.2 Å². The van der Waals surface area contributed by atoms with Crippen LogP contribution in [0.15, 0.2) is 23.1 Å². The standard InChI is InChI=1S/C12H11F4NO2S/c1-2-3-4-7-17-10-6-5-9(13)8-11(10)20(18,19)12(14,15)16/h5-6,8,17H,4,7H2,1H3. The first-order chi connectivity index (χ1) is 9.20. The van der Waals surface area contributed by atoms with E-state index in [1.54, 1.807) is 6.92 Å². The van der Waals surface area contributed by atoms with E-state index in [9.17, 15) is 26.0 Å². The number of halogens is 4. The van der Waals surface area contributed by atoms with Crippen LogP contribution in [-0.2, 0) is 9.84 Å². The molecule has 0 aliphatic heterocycles. The molecule has 0 atom stereocenters. The van der Waals surface area contributed by atoms with E-state index in [4.69, 9.17) is 0 Å². The maximum atomic E-state index is 13.0. The Morgan fingerprint density at radius 3 is 2.50 bits per heavy atom. The fraction of sp³-hybridized carbons (Fsp3) is 0.333. The van der Waals surface area contributed by atoms with Gasteiger partial charge in [0.1, 0.15) is 10.7 Å². The lowest BCUT2D eigenvalue weighted by Crippen LogP contribution is -2.24. The van der Waals surface area contributed by atoms with Crippen molar-refractivity contribution in [3.8, 4) is 11.8 Å². The summed E-state index contributed by atoms with van der Waals surface area (Å²) in [5.41, 5.74) is -5.79. The summed E-state index contributed by atoms with van der Waals surface area (Å²) in [6.45, 7) is 1.74. The van der Waals surface area contributed by atoms with Crippen LogP contribution in [0.4, 0.5) is 23.2 Å². The summed E-state index contributed by atoms with van der Waals surface area (Å²) in [6, 6.07) is 2.17. The van der Waals surface area contributed by atoms with E-state index in [1.807, 2.05) is 0 Å². The largest absolute Gasteiger partial charge is 0.501 e. The van der Waals surface area contributed by atoms with Crippen molar-refractivity contribution in [1.29, 1.82) is 0 Å². The maximum Gasteiger partial charge on any atom is 0.501 e. The van der Waals surface area contributed by atoms with Crippen LogP contribution in [-0.4, -0.2) is 20.5 Å². The molecule has 0 saturated heterocycles. The highest BCUT2D eigenvalue weighted by atomic mass is 32.2. The summed E-state index contributed by atoms with van der Waals surface area (Å²) in [5.74, 6) is 4.18. The van der Waals surface area contributed by atoms with E-state index in [2.05, 4.69) is 17.2 Å². The molecule has 8 heteroatoms. The molecule has 0 fully saturated rings. The zero-order valence-corrected chi connectivity index (χ0v) is 11.2. The molecule has 1 aromatic carbocycles. The topological polar surface area (TPSA) is 46.2 Å². The molecule has 0 aliphatic carbocycles. The van der Waals surface area contributed by atoms with E-state index in [-0.39, 0.29) is 12.2 Å². The summed E-state index contributed by atoms with van der Waals surface area (Å²) in [6.07, 6.45) is 0.319. The quantitative estimate of drug-likeness (QED) is 0.528. The molecule has 0 aromatic heterocycles. The minimum atomic E-state index is -5.61. The predicted molar refractivity (Wildman–Crippen MR) is 66.2 cm³/mol. The third kappa shape index (κ3) is 3.63. The SMILES string of the molecule is CC#CCCNc1ccc(F)cc1S(=O)(=O)C(F)(F)F. The number of hydrogen-bond donors (Lipinski definition) is 1. The third-order valence-corrected chi connectivity index (χ3v) is 3.81. The van der Waals surface area contributed by atoms with Gasteiger partial charge in [-0.3, -0.25) is 0 Å². The molecule has 0 amide bonds. The first kappa shape index (κ1) is 16.3. The number of sulfone groups is 1. The molecular weight excluding hydrogens is 298 g/mol. The molecule has 0 radical (unpaired) electrons. The van der Waals surface area contributed by atoms with Crippen LogP contribution in [0.3, 0.4) is 0 Å². The van der Waals surface area contributed by atoms with E-state index in [0.717, 1.165) is 12.1 Å². The molecule has 0 spiro atoms. The van der Waals surface area contributed by atoms with Crippen molar-refractivity contribution in [1.82, 2.24) is 0 Å². The second kappa shape index (κ2) is 6.13. The number of benzene rings is 1. The Balaban J connectivity index is 3.17. The van der Waals surface area contributed by atoms with Crippen LogP contribution in [0.25, 0.3) is 0 Å². The smallest absolute Gasteiger partial charge is 0.383 e. The van der Waals surface area contributed by atoms with Crippen molar-refractivity contribution < 1.29 is 26.0 Å². The van der Waals surface area contributed by atoms with Gasteiger partial charge in [-0.05, 0) is 25.1 Å². The molecule has 3 nitrogen and oxygen atoms in total. The third-order valence-electron chi connectivity index (χ3n) is 2.28. The average Bonchev–Trinajstić information content (AvgIpc) is 2.34. The zero-order chi connectivity index (χ0) is 15.4. The normalized spacial score (nSPS) is 11.7. The van der Waals surface area contributed by atoms with Crippen molar-refractivity contribution in [3.05, 3.63) is 24.0 Å². The van der Waals surface area contributed by atoms with Gasteiger partial charge in [-0.25, -0.2) is 12.8 Å². The van der Waals surface area contributed by atoms with Gasteiger partial charge < -0.3 is 5.32 Å². The lowest BCUT2D eigenvalue weighted by molar-refractivity contribution is -0.0435. The van der Waals surface area contributed by atoms with Gasteiger partial charge in [-0.1, -0.05) is 0 Å². The zero-order valence-electron chi connectivity index (χ0n) is 10.4. The Bertz CT molecular complexity index is 642. The van der Waals surface area contributed by atoms with Crippen molar-refractivity contribution >= 4 is 15.5 Å². The lowest BCUT2D eigenvalue weighted by atomic mass is 10.3. The molecule has 110 valence electrons. The molecule has 1 N–H and O–H groups in total. The van der Waals surface area contributed by atoms with Crippen molar-refractivity contribution in [3.63, 3.8) is 0 Å². The van der Waals surface area contributed by atoms with E-state index in [1.165, 1.54) is 0 Å². The van der Waals surface area contributed by atoms with Crippen molar-refractivity contribution in [2.75, 3.05) is 11.9 Å². The highest BCUT2D eigenvalue weighted by Gasteiger charge is 2.48. The van der Waals surface area contributed by atoms with Crippen LogP contribution >= 0.6 is 0 Å². The second-order valence-electron chi connectivity index (χ2n) is 3.69. The molecule has 1 rings (SSSR count). The summed E-state index contributed by atoms with van der Waals surface area (Å²) in [7, 11) is -5.61. The highest BCUT2D eigenvalue weighted by Crippen LogP contribution is 2.34. The van der Waals surface area contributed by atoms with Gasteiger partial charge in [0.05, 0.1) is 5.69 Å². The Morgan fingerprint density at radius 1 is 1.30 bits per heavy atom. The van der Waals surface area contributed by atoms with E-state index < -0.39 is 26.1 Å². The first-order valence-corrected chi connectivity index (χ1v) is 6.93. The number of nitrogens with one attached hydrogen (secondary N) is 1. The Morgan fingerprint density at radius 2 is 1.95 bits per heavy atom. The summed E-state index contributed by atoms with van der Waals surface area (Å²) in [5, 5.41) is 2.51. The Kier molecular flexibility index (Phi) is 5.00. The number of anilines is 1. The molecule has 0 saturated carbocycles. The van der Waals surface area contributed by atoms with Crippen LogP contribution in [0.1, 0.15) is 13.3 Å². The van der Waals surface area contributed by atoms with Gasteiger partial charge >= 0.3 is 5.51 Å². The van der Waals surface area contributed by atoms with Crippen LogP contribution in [0.2, 0.25) is 0 Å². The van der Waals surface area contributed by atoms with Gasteiger partial charge in [0.25, 0.3) is 9.84 Å². The molecule has 0 unspecified atom stereocenters. The van der Waals surface area contributed by atoms with Crippen molar-refractivity contribution in [2.45, 2.75) is 23.7 Å². The number of alkyl halides is 3. The molecule has 20 heavy (non-hydrogen) atoms. The minimum absolute atomic E-state index is 0.146. The highest BCUT2D eigenvalue weighted by molar-refractivity contribution is 7.92. The number of hydrogen-bond acceptors (Lipinski definition) is 3. The maximum absolute atomic E-state index is 13.0. The average molecular weight is 309 g/mol. The van der Waals surface area contributed by atoms with Gasteiger partial charge in [0.2, 0.25) is 0 Å².